The van der Waals surface area contributed by atoms with Crippen molar-refractivity contribution >= 4 is 22.8 Å². The Balaban J connectivity index is 1.69. The van der Waals surface area contributed by atoms with Crippen LogP contribution in [0.25, 0.3) is 17.0 Å². The van der Waals surface area contributed by atoms with Crippen LogP contribution in [0.2, 0.25) is 0 Å². The molecule has 0 atom stereocenters. The molecule has 0 saturated heterocycles. The van der Waals surface area contributed by atoms with Crippen molar-refractivity contribution < 1.29 is 27.1 Å². The molecule has 0 fully saturated rings. The molecule has 26 heavy (non-hydrogen) atoms. The van der Waals surface area contributed by atoms with Gasteiger partial charge >= 0.3 is 6.18 Å². The van der Waals surface area contributed by atoms with Crippen LogP contribution in [-0.4, -0.2) is 23.6 Å². The molecule has 1 N–H and O–H groups in total. The molecule has 0 amide bonds. The Labute approximate surface area is 145 Å². The molecule has 7 heteroatoms. The molecule has 0 aliphatic heterocycles. The van der Waals surface area contributed by atoms with E-state index in [1.54, 1.807) is 12.1 Å². The minimum absolute atomic E-state index is 0.0875. The van der Waals surface area contributed by atoms with Crippen LogP contribution < -0.4 is 4.74 Å². The largest absolute Gasteiger partial charge is 0.484 e. The van der Waals surface area contributed by atoms with Crippen molar-refractivity contribution in [2.24, 2.45) is 0 Å². The van der Waals surface area contributed by atoms with Gasteiger partial charge in [0.15, 0.2) is 12.4 Å². The monoisotopic (exact) mass is 363 g/mol. The summed E-state index contributed by atoms with van der Waals surface area (Å²) in [5, 5.41) is 0.608. The van der Waals surface area contributed by atoms with E-state index < -0.39 is 18.6 Å². The molecule has 3 nitrogen and oxygen atoms in total. The SMILES string of the molecule is O=C(C=Cc1ccc(OCC(F)(F)F)cc1)c1c[nH]c2cc(F)ccc12. The lowest BCUT2D eigenvalue weighted by molar-refractivity contribution is -0.153. The Morgan fingerprint density at radius 1 is 1.12 bits per heavy atom. The number of alkyl halides is 3. The normalized spacial score (nSPS) is 12.0. The number of benzene rings is 2. The highest BCUT2D eigenvalue weighted by molar-refractivity contribution is 6.14. The number of aromatic amines is 1. The number of ether oxygens (including phenoxy) is 1. The number of rotatable bonds is 5. The van der Waals surface area contributed by atoms with E-state index in [9.17, 15) is 22.4 Å². The van der Waals surface area contributed by atoms with Crippen molar-refractivity contribution in [3.63, 3.8) is 0 Å². The van der Waals surface area contributed by atoms with E-state index in [4.69, 9.17) is 0 Å². The van der Waals surface area contributed by atoms with Crippen LogP contribution in [0.5, 0.6) is 5.75 Å². The zero-order valence-electron chi connectivity index (χ0n) is 13.3. The lowest BCUT2D eigenvalue weighted by atomic mass is 10.1. The van der Waals surface area contributed by atoms with Crippen molar-refractivity contribution in [3.05, 3.63) is 71.7 Å². The van der Waals surface area contributed by atoms with Gasteiger partial charge < -0.3 is 9.72 Å². The number of halogens is 4. The first-order valence-corrected chi connectivity index (χ1v) is 7.60. The quantitative estimate of drug-likeness (QED) is 0.387. The molecular weight excluding hydrogens is 350 g/mol. The van der Waals surface area contributed by atoms with Gasteiger partial charge in [0.05, 0.1) is 0 Å². The maximum absolute atomic E-state index is 13.2. The Morgan fingerprint density at radius 2 is 1.85 bits per heavy atom. The minimum atomic E-state index is -4.40. The molecule has 0 bridgehead atoms. The van der Waals surface area contributed by atoms with Gasteiger partial charge in [-0.25, -0.2) is 4.39 Å². The van der Waals surface area contributed by atoms with Crippen molar-refractivity contribution in [2.45, 2.75) is 6.18 Å². The van der Waals surface area contributed by atoms with Gasteiger partial charge in [0.25, 0.3) is 0 Å². The zero-order chi connectivity index (χ0) is 18.7. The average Bonchev–Trinajstić information content (AvgIpc) is 3.01. The van der Waals surface area contributed by atoms with E-state index in [1.165, 1.54) is 48.7 Å². The molecule has 1 heterocycles. The van der Waals surface area contributed by atoms with E-state index in [1.807, 2.05) is 0 Å². The Hall–Kier alpha value is -3.09. The number of H-pyrrole nitrogens is 1. The van der Waals surface area contributed by atoms with Crippen molar-refractivity contribution in [1.82, 2.24) is 4.98 Å². The van der Waals surface area contributed by atoms with Crippen molar-refractivity contribution in [1.29, 1.82) is 0 Å². The average molecular weight is 363 g/mol. The molecule has 0 unspecified atom stereocenters. The first kappa shape index (κ1) is 17.7. The molecule has 3 rings (SSSR count). The van der Waals surface area contributed by atoms with E-state index in [0.29, 0.717) is 22.0 Å². The minimum Gasteiger partial charge on any atom is -0.484 e. The Bertz CT molecular complexity index is 956. The van der Waals surface area contributed by atoms with Crippen molar-refractivity contribution in [2.75, 3.05) is 6.61 Å². The smallest absolute Gasteiger partial charge is 0.422 e. The van der Waals surface area contributed by atoms with E-state index >= 15 is 0 Å². The predicted molar refractivity (Wildman–Crippen MR) is 89.6 cm³/mol. The second-order valence-electron chi connectivity index (χ2n) is 5.56. The summed E-state index contributed by atoms with van der Waals surface area (Å²) in [5.41, 5.74) is 1.55. The van der Waals surface area contributed by atoms with Crippen LogP contribution in [0.15, 0.2) is 54.7 Å². The number of hydrogen-bond donors (Lipinski definition) is 1. The zero-order valence-corrected chi connectivity index (χ0v) is 13.3. The predicted octanol–water partition coefficient (Wildman–Crippen LogP) is 5.14. The summed E-state index contributed by atoms with van der Waals surface area (Å²) in [6, 6.07) is 9.97. The van der Waals surface area contributed by atoms with Gasteiger partial charge in [-0.3, -0.25) is 4.79 Å². The topological polar surface area (TPSA) is 42.1 Å². The Kier molecular flexibility index (Phi) is 4.79. The van der Waals surface area contributed by atoms with Crippen LogP contribution in [0.1, 0.15) is 15.9 Å². The van der Waals surface area contributed by atoms with Crippen LogP contribution in [0.3, 0.4) is 0 Å². The van der Waals surface area contributed by atoms with Gasteiger partial charge in [0.2, 0.25) is 0 Å². The summed E-state index contributed by atoms with van der Waals surface area (Å²) in [6.07, 6.45) is -0.00608. The number of carbonyl (C=O) groups excluding carboxylic acids is 1. The molecular formula is C19H13F4NO2. The number of ketones is 1. The molecule has 3 aromatic rings. The lowest BCUT2D eigenvalue weighted by Crippen LogP contribution is -2.19. The summed E-state index contributed by atoms with van der Waals surface area (Å²) in [7, 11) is 0. The van der Waals surface area contributed by atoms with Crippen LogP contribution >= 0.6 is 0 Å². The molecule has 0 aliphatic carbocycles. The molecule has 0 saturated carbocycles. The first-order valence-electron chi connectivity index (χ1n) is 7.60. The van der Waals surface area contributed by atoms with Crippen LogP contribution in [0, 0.1) is 5.82 Å². The van der Waals surface area contributed by atoms with Gasteiger partial charge in [-0.2, -0.15) is 13.2 Å². The highest BCUT2D eigenvalue weighted by Crippen LogP contribution is 2.21. The summed E-state index contributed by atoms with van der Waals surface area (Å²) >= 11 is 0. The number of carbonyl (C=O) groups is 1. The Morgan fingerprint density at radius 3 is 2.54 bits per heavy atom. The summed E-state index contributed by atoms with van der Waals surface area (Å²) in [6.45, 7) is -1.36. The molecule has 0 radical (unpaired) electrons. The number of hydrogen-bond acceptors (Lipinski definition) is 2. The summed E-state index contributed by atoms with van der Waals surface area (Å²) in [5.74, 6) is -0.591. The molecule has 0 spiro atoms. The standard InChI is InChI=1S/C19H13F4NO2/c20-13-4-7-15-16(10-24-17(15)9-13)18(25)8-3-12-1-5-14(6-2-12)26-11-19(21,22)23/h1-10,24H,11H2. The van der Waals surface area contributed by atoms with Gasteiger partial charge in [0.1, 0.15) is 11.6 Å². The molecule has 2 aromatic carbocycles. The van der Waals surface area contributed by atoms with Crippen molar-refractivity contribution in [3.8, 4) is 5.75 Å². The first-order chi connectivity index (χ1) is 12.3. The summed E-state index contributed by atoms with van der Waals surface area (Å²) < 4.78 is 54.1. The van der Waals surface area contributed by atoms with Gasteiger partial charge in [0, 0.05) is 22.7 Å². The fraction of sp³-hybridized carbons (Fsp3) is 0.105. The highest BCUT2D eigenvalue weighted by Gasteiger charge is 2.28. The van der Waals surface area contributed by atoms with Crippen LogP contribution in [0.4, 0.5) is 17.6 Å². The highest BCUT2D eigenvalue weighted by atomic mass is 19.4. The van der Waals surface area contributed by atoms with E-state index in [2.05, 4.69) is 9.72 Å². The van der Waals surface area contributed by atoms with E-state index in [-0.39, 0.29) is 11.5 Å². The third-order valence-corrected chi connectivity index (χ3v) is 3.62. The van der Waals surface area contributed by atoms with Gasteiger partial charge in [-0.1, -0.05) is 18.2 Å². The number of nitrogens with one attached hydrogen (secondary N) is 1. The number of aromatic nitrogens is 1. The van der Waals surface area contributed by atoms with Gasteiger partial charge in [-0.15, -0.1) is 0 Å². The second-order valence-corrected chi connectivity index (χ2v) is 5.56. The third kappa shape index (κ3) is 4.30. The molecule has 1 aromatic heterocycles. The second kappa shape index (κ2) is 7.03. The lowest BCUT2D eigenvalue weighted by Gasteiger charge is -2.08. The van der Waals surface area contributed by atoms with Crippen LogP contribution in [-0.2, 0) is 0 Å². The fourth-order valence-corrected chi connectivity index (χ4v) is 2.40. The fourth-order valence-electron chi connectivity index (χ4n) is 2.40. The van der Waals surface area contributed by atoms with E-state index in [0.717, 1.165) is 0 Å². The maximum atomic E-state index is 13.2. The molecule has 0 aliphatic rings. The maximum Gasteiger partial charge on any atom is 0.422 e. The summed E-state index contributed by atoms with van der Waals surface area (Å²) in [4.78, 5) is 15.1. The number of fused-ring (bicyclic) bond motifs is 1. The van der Waals surface area contributed by atoms with Gasteiger partial charge in [-0.05, 0) is 42.0 Å². The number of allylic oxidation sites excluding steroid dienone is 1. The molecule has 134 valence electrons. The third-order valence-electron chi connectivity index (χ3n) is 3.62.